The smallest absolute Gasteiger partial charge is 0.263 e. The maximum absolute atomic E-state index is 12.6. The van der Waals surface area contributed by atoms with Crippen LogP contribution in [0, 0.1) is 0 Å². The van der Waals surface area contributed by atoms with E-state index in [4.69, 9.17) is 4.74 Å². The summed E-state index contributed by atoms with van der Waals surface area (Å²) in [6.07, 6.45) is 4.95. The zero-order valence-corrected chi connectivity index (χ0v) is 15.5. The zero-order chi connectivity index (χ0) is 19.4. The van der Waals surface area contributed by atoms with Crippen LogP contribution in [0.4, 0.5) is 5.82 Å². The Labute approximate surface area is 156 Å². The highest BCUT2D eigenvalue weighted by Crippen LogP contribution is 2.21. The SMILES string of the molecule is C=CCn1cc(C(=O)Nc2cccc(-c3nncn3C(C)C)n2)c(OC)n1. The second-order valence-corrected chi connectivity index (χ2v) is 6.08. The van der Waals surface area contributed by atoms with Gasteiger partial charge in [0, 0.05) is 12.2 Å². The van der Waals surface area contributed by atoms with Gasteiger partial charge in [0.15, 0.2) is 5.82 Å². The number of ether oxygens (including phenoxy) is 1. The van der Waals surface area contributed by atoms with Gasteiger partial charge in [-0.3, -0.25) is 9.48 Å². The van der Waals surface area contributed by atoms with Crippen LogP contribution in [0.1, 0.15) is 30.2 Å². The first kappa shape index (κ1) is 18.3. The average Bonchev–Trinajstić information content (AvgIpc) is 3.29. The predicted molar refractivity (Wildman–Crippen MR) is 101 cm³/mol. The molecule has 0 unspecified atom stereocenters. The summed E-state index contributed by atoms with van der Waals surface area (Å²) in [5.74, 6) is 0.911. The first-order chi connectivity index (χ1) is 13.0. The van der Waals surface area contributed by atoms with Crippen molar-refractivity contribution in [3.8, 4) is 17.4 Å². The summed E-state index contributed by atoms with van der Waals surface area (Å²) in [6.45, 7) is 8.20. The number of allylic oxidation sites excluding steroid dienone is 1. The van der Waals surface area contributed by atoms with Gasteiger partial charge in [0.2, 0.25) is 5.88 Å². The van der Waals surface area contributed by atoms with Crippen LogP contribution in [0.3, 0.4) is 0 Å². The molecule has 0 aromatic carbocycles. The number of amides is 1. The molecule has 0 radical (unpaired) electrons. The number of pyridine rings is 1. The summed E-state index contributed by atoms with van der Waals surface area (Å²) in [4.78, 5) is 17.1. The number of methoxy groups -OCH3 is 1. The van der Waals surface area contributed by atoms with E-state index in [0.717, 1.165) is 0 Å². The molecular formula is C18H21N7O2. The van der Waals surface area contributed by atoms with Crippen molar-refractivity contribution in [3.63, 3.8) is 0 Å². The second kappa shape index (κ2) is 7.81. The number of aromatic nitrogens is 6. The summed E-state index contributed by atoms with van der Waals surface area (Å²) in [7, 11) is 1.47. The van der Waals surface area contributed by atoms with Crippen molar-refractivity contribution in [2.45, 2.75) is 26.4 Å². The van der Waals surface area contributed by atoms with E-state index in [9.17, 15) is 4.79 Å². The molecule has 1 N–H and O–H groups in total. The molecule has 0 aliphatic carbocycles. The maximum atomic E-state index is 12.6. The Morgan fingerprint density at radius 3 is 2.93 bits per heavy atom. The summed E-state index contributed by atoms with van der Waals surface area (Å²) < 4.78 is 8.68. The average molecular weight is 367 g/mol. The third-order valence-corrected chi connectivity index (χ3v) is 3.83. The van der Waals surface area contributed by atoms with E-state index >= 15 is 0 Å². The third kappa shape index (κ3) is 3.86. The Morgan fingerprint density at radius 1 is 1.41 bits per heavy atom. The van der Waals surface area contributed by atoms with E-state index in [1.807, 2.05) is 24.5 Å². The normalized spacial score (nSPS) is 10.8. The number of hydrogen-bond acceptors (Lipinski definition) is 6. The minimum Gasteiger partial charge on any atom is -0.479 e. The van der Waals surface area contributed by atoms with E-state index in [-0.39, 0.29) is 17.8 Å². The van der Waals surface area contributed by atoms with Crippen molar-refractivity contribution >= 4 is 11.7 Å². The van der Waals surface area contributed by atoms with Gasteiger partial charge in [-0.15, -0.1) is 21.9 Å². The van der Waals surface area contributed by atoms with Crippen LogP contribution in [-0.4, -0.2) is 42.5 Å². The predicted octanol–water partition coefficient (Wildman–Crippen LogP) is 2.56. The second-order valence-electron chi connectivity index (χ2n) is 6.08. The molecule has 0 spiro atoms. The molecule has 3 aromatic heterocycles. The highest BCUT2D eigenvalue weighted by atomic mass is 16.5. The van der Waals surface area contributed by atoms with Gasteiger partial charge in [-0.05, 0) is 26.0 Å². The van der Waals surface area contributed by atoms with Crippen LogP contribution in [0.25, 0.3) is 11.5 Å². The lowest BCUT2D eigenvalue weighted by Crippen LogP contribution is -2.14. The number of carbonyl (C=O) groups is 1. The molecule has 9 nitrogen and oxygen atoms in total. The number of nitrogens with one attached hydrogen (secondary N) is 1. The number of hydrogen-bond donors (Lipinski definition) is 1. The third-order valence-electron chi connectivity index (χ3n) is 3.83. The zero-order valence-electron chi connectivity index (χ0n) is 15.5. The molecule has 3 heterocycles. The Balaban J connectivity index is 1.85. The molecule has 140 valence electrons. The standard InChI is InChI=1S/C18H21N7O2/c1-5-9-24-10-13(18(23-24)27-4)17(26)21-15-8-6-7-14(20-15)16-22-19-11-25(16)12(2)3/h5-8,10-12H,1,9H2,2-4H3,(H,20,21,26). The first-order valence-corrected chi connectivity index (χ1v) is 8.44. The molecule has 0 aliphatic rings. The van der Waals surface area contributed by atoms with E-state index < -0.39 is 0 Å². The molecule has 27 heavy (non-hydrogen) atoms. The van der Waals surface area contributed by atoms with Crippen LogP contribution in [0.2, 0.25) is 0 Å². The molecule has 0 fully saturated rings. The van der Waals surface area contributed by atoms with Crippen molar-refractivity contribution < 1.29 is 9.53 Å². The van der Waals surface area contributed by atoms with Gasteiger partial charge < -0.3 is 14.6 Å². The molecule has 0 saturated heterocycles. The fourth-order valence-electron chi connectivity index (χ4n) is 2.55. The summed E-state index contributed by atoms with van der Waals surface area (Å²) in [5, 5.41) is 15.0. The van der Waals surface area contributed by atoms with Crippen LogP contribution in [0.5, 0.6) is 5.88 Å². The molecule has 0 aliphatic heterocycles. The van der Waals surface area contributed by atoms with Gasteiger partial charge in [-0.25, -0.2) is 4.98 Å². The van der Waals surface area contributed by atoms with Crippen molar-refractivity contribution in [2.24, 2.45) is 0 Å². The molecule has 3 rings (SSSR count). The van der Waals surface area contributed by atoms with E-state index in [0.29, 0.717) is 29.4 Å². The number of nitrogens with zero attached hydrogens (tertiary/aromatic N) is 6. The maximum Gasteiger partial charge on any atom is 0.263 e. The molecule has 3 aromatic rings. The van der Waals surface area contributed by atoms with Crippen molar-refractivity contribution in [2.75, 3.05) is 12.4 Å². The molecule has 0 bridgehead atoms. The molecular weight excluding hydrogens is 346 g/mol. The van der Waals surface area contributed by atoms with Gasteiger partial charge in [0.1, 0.15) is 23.4 Å². The molecule has 0 atom stereocenters. The van der Waals surface area contributed by atoms with E-state index in [1.165, 1.54) is 7.11 Å². The summed E-state index contributed by atoms with van der Waals surface area (Å²) in [6, 6.07) is 5.52. The van der Waals surface area contributed by atoms with Gasteiger partial charge >= 0.3 is 0 Å². The number of rotatable bonds is 7. The Bertz CT molecular complexity index is 958. The Hall–Kier alpha value is -3.49. The monoisotopic (exact) mass is 367 g/mol. The summed E-state index contributed by atoms with van der Waals surface area (Å²) in [5.41, 5.74) is 0.935. The molecule has 1 amide bonds. The van der Waals surface area contributed by atoms with Crippen LogP contribution in [0.15, 0.2) is 43.4 Å². The fraction of sp³-hybridized carbons (Fsp3) is 0.278. The first-order valence-electron chi connectivity index (χ1n) is 8.44. The lowest BCUT2D eigenvalue weighted by molar-refractivity contribution is 0.102. The van der Waals surface area contributed by atoms with Crippen molar-refractivity contribution in [1.29, 1.82) is 0 Å². The van der Waals surface area contributed by atoms with Gasteiger partial charge in [0.05, 0.1) is 13.7 Å². The minimum atomic E-state index is -0.364. The van der Waals surface area contributed by atoms with E-state index in [2.05, 4.69) is 32.2 Å². The summed E-state index contributed by atoms with van der Waals surface area (Å²) >= 11 is 0. The molecule has 9 heteroatoms. The highest BCUT2D eigenvalue weighted by Gasteiger charge is 2.18. The Morgan fingerprint density at radius 2 is 2.22 bits per heavy atom. The van der Waals surface area contributed by atoms with Gasteiger partial charge in [-0.1, -0.05) is 12.1 Å². The largest absolute Gasteiger partial charge is 0.479 e. The topological polar surface area (TPSA) is 99.8 Å². The lowest BCUT2D eigenvalue weighted by Gasteiger charge is -2.10. The number of anilines is 1. The Kier molecular flexibility index (Phi) is 5.30. The minimum absolute atomic E-state index is 0.190. The quantitative estimate of drug-likeness (QED) is 0.644. The fourth-order valence-corrected chi connectivity index (χ4v) is 2.55. The van der Waals surface area contributed by atoms with Crippen molar-refractivity contribution in [1.82, 2.24) is 29.5 Å². The van der Waals surface area contributed by atoms with Crippen LogP contribution in [-0.2, 0) is 6.54 Å². The van der Waals surface area contributed by atoms with Crippen LogP contribution < -0.4 is 10.1 Å². The van der Waals surface area contributed by atoms with Gasteiger partial charge in [-0.2, -0.15) is 0 Å². The highest BCUT2D eigenvalue weighted by molar-refractivity contribution is 6.05. The van der Waals surface area contributed by atoms with Crippen LogP contribution >= 0.6 is 0 Å². The number of carbonyl (C=O) groups excluding carboxylic acids is 1. The van der Waals surface area contributed by atoms with Gasteiger partial charge in [0.25, 0.3) is 5.91 Å². The van der Waals surface area contributed by atoms with E-state index in [1.54, 1.807) is 35.4 Å². The lowest BCUT2D eigenvalue weighted by atomic mass is 10.3. The molecule has 0 saturated carbocycles. The van der Waals surface area contributed by atoms with Crippen molar-refractivity contribution in [3.05, 3.63) is 48.9 Å².